The number of rotatable bonds is 3. The Morgan fingerprint density at radius 3 is 3.12 bits per heavy atom. The molecule has 2 heterocycles. The SMILES string of the molecule is CCc1nn(C)cc1C1OCCCC1CN. The zero-order chi connectivity index (χ0) is 11.5. The molecule has 1 aromatic rings. The summed E-state index contributed by atoms with van der Waals surface area (Å²) in [4.78, 5) is 0. The van der Waals surface area contributed by atoms with E-state index in [4.69, 9.17) is 10.5 Å². The Morgan fingerprint density at radius 1 is 1.62 bits per heavy atom. The molecule has 0 aromatic carbocycles. The van der Waals surface area contributed by atoms with Crippen LogP contribution in [0.25, 0.3) is 0 Å². The third kappa shape index (κ3) is 2.13. The molecule has 90 valence electrons. The van der Waals surface area contributed by atoms with Gasteiger partial charge in [0.05, 0.1) is 11.8 Å². The third-order valence-electron chi connectivity index (χ3n) is 3.33. The van der Waals surface area contributed by atoms with Gasteiger partial charge in [-0.05, 0) is 25.8 Å². The van der Waals surface area contributed by atoms with Crippen LogP contribution in [-0.4, -0.2) is 22.9 Å². The van der Waals surface area contributed by atoms with Crippen LogP contribution >= 0.6 is 0 Å². The summed E-state index contributed by atoms with van der Waals surface area (Å²) in [5, 5.41) is 4.47. The first-order chi connectivity index (χ1) is 7.76. The molecule has 0 aliphatic carbocycles. The van der Waals surface area contributed by atoms with Gasteiger partial charge in [-0.3, -0.25) is 4.68 Å². The maximum atomic E-state index is 5.89. The average molecular weight is 223 g/mol. The number of nitrogens with zero attached hydrogens (tertiary/aromatic N) is 2. The van der Waals surface area contributed by atoms with Crippen LogP contribution in [0.2, 0.25) is 0 Å². The summed E-state index contributed by atoms with van der Waals surface area (Å²) in [7, 11) is 1.96. The molecule has 1 aliphatic heterocycles. The highest BCUT2D eigenvalue weighted by Crippen LogP contribution is 2.34. The van der Waals surface area contributed by atoms with Crippen LogP contribution in [-0.2, 0) is 18.2 Å². The molecule has 1 aliphatic rings. The van der Waals surface area contributed by atoms with E-state index in [2.05, 4.69) is 18.2 Å². The number of hydrogen-bond donors (Lipinski definition) is 1. The first-order valence-electron chi connectivity index (χ1n) is 6.10. The number of ether oxygens (including phenoxy) is 1. The maximum Gasteiger partial charge on any atom is 0.0898 e. The lowest BCUT2D eigenvalue weighted by molar-refractivity contribution is -0.0256. The number of nitrogens with two attached hydrogens (primary N) is 1. The van der Waals surface area contributed by atoms with E-state index in [1.807, 2.05) is 11.7 Å². The van der Waals surface area contributed by atoms with Gasteiger partial charge in [-0.15, -0.1) is 0 Å². The standard InChI is InChI=1S/C12H21N3O/c1-3-11-10(8-15(2)14-11)12-9(7-13)5-4-6-16-12/h8-9,12H,3-7,13H2,1-2H3. The highest BCUT2D eigenvalue weighted by Gasteiger charge is 2.29. The summed E-state index contributed by atoms with van der Waals surface area (Å²) in [5.41, 5.74) is 8.20. The molecular weight excluding hydrogens is 202 g/mol. The van der Waals surface area contributed by atoms with Crippen molar-refractivity contribution in [3.05, 3.63) is 17.5 Å². The van der Waals surface area contributed by atoms with Crippen LogP contribution in [0.3, 0.4) is 0 Å². The van der Waals surface area contributed by atoms with E-state index >= 15 is 0 Å². The van der Waals surface area contributed by atoms with E-state index in [9.17, 15) is 0 Å². The van der Waals surface area contributed by atoms with Crippen molar-refractivity contribution in [2.75, 3.05) is 13.2 Å². The van der Waals surface area contributed by atoms with Crippen LogP contribution in [0, 0.1) is 5.92 Å². The van der Waals surface area contributed by atoms with Crippen LogP contribution in [0.15, 0.2) is 6.20 Å². The van der Waals surface area contributed by atoms with Crippen molar-refractivity contribution in [2.45, 2.75) is 32.3 Å². The second-order valence-corrected chi connectivity index (χ2v) is 4.49. The normalized spacial score (nSPS) is 25.9. The summed E-state index contributed by atoms with van der Waals surface area (Å²) in [5.74, 6) is 0.447. The van der Waals surface area contributed by atoms with Gasteiger partial charge in [-0.1, -0.05) is 6.92 Å². The van der Waals surface area contributed by atoms with Gasteiger partial charge in [-0.25, -0.2) is 0 Å². The van der Waals surface area contributed by atoms with Gasteiger partial charge >= 0.3 is 0 Å². The molecule has 16 heavy (non-hydrogen) atoms. The van der Waals surface area contributed by atoms with Crippen LogP contribution in [0.1, 0.15) is 37.1 Å². The highest BCUT2D eigenvalue weighted by molar-refractivity contribution is 5.21. The number of hydrogen-bond acceptors (Lipinski definition) is 3. The predicted octanol–water partition coefficient (Wildman–Crippen LogP) is 1.41. The Hall–Kier alpha value is -0.870. The third-order valence-corrected chi connectivity index (χ3v) is 3.33. The summed E-state index contributed by atoms with van der Waals surface area (Å²) in [6.07, 6.45) is 5.48. The van der Waals surface area contributed by atoms with E-state index in [-0.39, 0.29) is 6.10 Å². The molecule has 0 saturated carbocycles. The molecule has 4 nitrogen and oxygen atoms in total. The Balaban J connectivity index is 2.26. The molecule has 0 amide bonds. The monoisotopic (exact) mass is 223 g/mol. The average Bonchev–Trinajstić information content (AvgIpc) is 2.70. The molecule has 1 saturated heterocycles. The van der Waals surface area contributed by atoms with Crippen molar-refractivity contribution in [1.82, 2.24) is 9.78 Å². The molecule has 1 aromatic heterocycles. The lowest BCUT2D eigenvalue weighted by Crippen LogP contribution is -2.29. The van der Waals surface area contributed by atoms with E-state index in [0.717, 1.165) is 25.1 Å². The summed E-state index contributed by atoms with van der Waals surface area (Å²) < 4.78 is 7.76. The largest absolute Gasteiger partial charge is 0.373 e. The van der Waals surface area contributed by atoms with Gasteiger partial charge in [0, 0.05) is 31.3 Å². The molecule has 2 N–H and O–H groups in total. The number of aryl methyl sites for hydroxylation is 2. The molecule has 2 rings (SSSR count). The Morgan fingerprint density at radius 2 is 2.44 bits per heavy atom. The quantitative estimate of drug-likeness (QED) is 0.843. The fourth-order valence-electron chi connectivity index (χ4n) is 2.49. The molecule has 0 radical (unpaired) electrons. The zero-order valence-corrected chi connectivity index (χ0v) is 10.1. The van der Waals surface area contributed by atoms with Crippen molar-refractivity contribution in [3.8, 4) is 0 Å². The number of aromatic nitrogens is 2. The Kier molecular flexibility index (Phi) is 3.61. The van der Waals surface area contributed by atoms with E-state index in [0.29, 0.717) is 12.5 Å². The second kappa shape index (κ2) is 4.97. The van der Waals surface area contributed by atoms with Gasteiger partial charge < -0.3 is 10.5 Å². The summed E-state index contributed by atoms with van der Waals surface area (Å²) in [6.45, 7) is 3.67. The van der Waals surface area contributed by atoms with Gasteiger partial charge in [0.1, 0.15) is 0 Å². The predicted molar refractivity (Wildman–Crippen MR) is 63.1 cm³/mol. The highest BCUT2D eigenvalue weighted by atomic mass is 16.5. The maximum absolute atomic E-state index is 5.89. The smallest absolute Gasteiger partial charge is 0.0898 e. The van der Waals surface area contributed by atoms with E-state index in [1.165, 1.54) is 12.0 Å². The van der Waals surface area contributed by atoms with Gasteiger partial charge in [-0.2, -0.15) is 5.10 Å². The Bertz CT molecular complexity index is 348. The summed E-state index contributed by atoms with van der Waals surface area (Å²) >= 11 is 0. The summed E-state index contributed by atoms with van der Waals surface area (Å²) in [6, 6.07) is 0. The van der Waals surface area contributed by atoms with Crippen LogP contribution < -0.4 is 5.73 Å². The minimum Gasteiger partial charge on any atom is -0.373 e. The topological polar surface area (TPSA) is 53.1 Å². The first-order valence-corrected chi connectivity index (χ1v) is 6.10. The fourth-order valence-corrected chi connectivity index (χ4v) is 2.49. The molecule has 2 atom stereocenters. The first kappa shape index (κ1) is 11.6. The lowest BCUT2D eigenvalue weighted by Gasteiger charge is -2.30. The molecule has 4 heteroatoms. The minimum atomic E-state index is 0.155. The molecule has 0 spiro atoms. The van der Waals surface area contributed by atoms with Crippen molar-refractivity contribution in [1.29, 1.82) is 0 Å². The Labute approximate surface area is 96.8 Å². The van der Waals surface area contributed by atoms with Crippen LogP contribution in [0.4, 0.5) is 0 Å². The minimum absolute atomic E-state index is 0.155. The van der Waals surface area contributed by atoms with E-state index in [1.54, 1.807) is 0 Å². The van der Waals surface area contributed by atoms with Crippen LogP contribution in [0.5, 0.6) is 0 Å². The van der Waals surface area contributed by atoms with Crippen molar-refractivity contribution < 1.29 is 4.74 Å². The van der Waals surface area contributed by atoms with Crippen molar-refractivity contribution in [2.24, 2.45) is 18.7 Å². The van der Waals surface area contributed by atoms with Crippen molar-refractivity contribution in [3.63, 3.8) is 0 Å². The van der Waals surface area contributed by atoms with Gasteiger partial charge in [0.15, 0.2) is 0 Å². The zero-order valence-electron chi connectivity index (χ0n) is 10.1. The second-order valence-electron chi connectivity index (χ2n) is 4.49. The van der Waals surface area contributed by atoms with E-state index < -0.39 is 0 Å². The molecule has 0 bridgehead atoms. The van der Waals surface area contributed by atoms with Gasteiger partial charge in [0.2, 0.25) is 0 Å². The fraction of sp³-hybridized carbons (Fsp3) is 0.750. The van der Waals surface area contributed by atoms with Crippen molar-refractivity contribution >= 4 is 0 Å². The molecule has 1 fully saturated rings. The van der Waals surface area contributed by atoms with Gasteiger partial charge in [0.25, 0.3) is 0 Å². The lowest BCUT2D eigenvalue weighted by atomic mass is 9.89. The molecule has 2 unspecified atom stereocenters. The molecular formula is C12H21N3O.